The SMILES string of the molecule is O=C1CCC2(CCCC23CCCC3)C12CCC2. The van der Waals surface area contributed by atoms with Crippen LogP contribution in [0.1, 0.15) is 77.0 Å². The number of Topliss-reactive ketones (excluding diaryl/α,β-unsaturated/α-hetero) is 1. The lowest BCUT2D eigenvalue weighted by atomic mass is 9.46. The van der Waals surface area contributed by atoms with Gasteiger partial charge < -0.3 is 0 Å². The van der Waals surface area contributed by atoms with Crippen LogP contribution in [-0.2, 0) is 4.79 Å². The van der Waals surface area contributed by atoms with E-state index in [1.54, 1.807) is 0 Å². The molecule has 1 heteroatoms. The van der Waals surface area contributed by atoms with E-state index in [2.05, 4.69) is 0 Å². The van der Waals surface area contributed by atoms with E-state index < -0.39 is 0 Å². The number of carbonyl (C=O) groups excluding carboxylic acids is 1. The van der Waals surface area contributed by atoms with Crippen molar-refractivity contribution in [3.05, 3.63) is 0 Å². The predicted molar refractivity (Wildman–Crippen MR) is 67.7 cm³/mol. The Bertz CT molecular complexity index is 354. The first-order chi connectivity index (χ1) is 8.25. The number of ketones is 1. The fraction of sp³-hybridized carbons (Fsp3) is 0.938. The van der Waals surface area contributed by atoms with Crippen LogP contribution in [0.4, 0.5) is 0 Å². The number of hydrogen-bond donors (Lipinski definition) is 0. The molecule has 94 valence electrons. The van der Waals surface area contributed by atoms with Crippen molar-refractivity contribution in [2.45, 2.75) is 77.0 Å². The molecule has 0 aliphatic heterocycles. The Kier molecular flexibility index (Phi) is 1.97. The zero-order valence-corrected chi connectivity index (χ0v) is 10.9. The summed E-state index contributed by atoms with van der Waals surface area (Å²) < 4.78 is 0. The van der Waals surface area contributed by atoms with Gasteiger partial charge >= 0.3 is 0 Å². The van der Waals surface area contributed by atoms with Crippen molar-refractivity contribution in [2.75, 3.05) is 0 Å². The summed E-state index contributed by atoms with van der Waals surface area (Å²) in [5.41, 5.74) is 1.28. The Morgan fingerprint density at radius 2 is 1.35 bits per heavy atom. The smallest absolute Gasteiger partial charge is 0.139 e. The molecule has 4 fully saturated rings. The maximum absolute atomic E-state index is 12.5. The lowest BCUT2D eigenvalue weighted by Crippen LogP contribution is -2.52. The predicted octanol–water partition coefficient (Wildman–Crippen LogP) is 4.25. The number of hydrogen-bond acceptors (Lipinski definition) is 1. The standard InChI is InChI=1S/C16H24O/c17-13-5-12-16(15(13)9-4-10-15)11-3-8-14(16)6-1-2-7-14/h1-12H2. The normalized spacial score (nSPS) is 41.8. The molecule has 0 aromatic rings. The molecule has 0 heterocycles. The van der Waals surface area contributed by atoms with Crippen LogP contribution in [0.5, 0.6) is 0 Å². The van der Waals surface area contributed by atoms with Crippen LogP contribution in [0.2, 0.25) is 0 Å². The minimum Gasteiger partial charge on any atom is -0.299 e. The molecule has 17 heavy (non-hydrogen) atoms. The minimum absolute atomic E-state index is 0.188. The van der Waals surface area contributed by atoms with Crippen LogP contribution in [0.3, 0.4) is 0 Å². The monoisotopic (exact) mass is 232 g/mol. The molecule has 4 rings (SSSR count). The van der Waals surface area contributed by atoms with Gasteiger partial charge in [-0.2, -0.15) is 0 Å². The molecule has 0 amide bonds. The summed E-state index contributed by atoms with van der Waals surface area (Å²) in [6.07, 6.45) is 16.0. The maximum Gasteiger partial charge on any atom is 0.139 e. The van der Waals surface area contributed by atoms with E-state index >= 15 is 0 Å². The van der Waals surface area contributed by atoms with Gasteiger partial charge in [0, 0.05) is 11.8 Å². The van der Waals surface area contributed by atoms with E-state index in [-0.39, 0.29) is 5.41 Å². The topological polar surface area (TPSA) is 17.1 Å². The lowest BCUT2D eigenvalue weighted by Gasteiger charge is -2.56. The Labute approximate surface area is 104 Å². The van der Waals surface area contributed by atoms with Gasteiger partial charge in [0.1, 0.15) is 5.78 Å². The highest BCUT2D eigenvalue weighted by atomic mass is 16.1. The van der Waals surface area contributed by atoms with Crippen LogP contribution < -0.4 is 0 Å². The third kappa shape index (κ3) is 0.980. The average Bonchev–Trinajstić information content (AvgIpc) is 2.91. The summed E-state index contributed by atoms with van der Waals surface area (Å²) >= 11 is 0. The van der Waals surface area contributed by atoms with Crippen molar-refractivity contribution in [3.8, 4) is 0 Å². The van der Waals surface area contributed by atoms with E-state index in [9.17, 15) is 4.79 Å². The second-order valence-electron chi connectivity index (χ2n) is 7.28. The Balaban J connectivity index is 1.82. The maximum atomic E-state index is 12.5. The van der Waals surface area contributed by atoms with E-state index in [1.165, 1.54) is 70.6 Å². The summed E-state index contributed by atoms with van der Waals surface area (Å²) in [6, 6.07) is 0. The zero-order chi connectivity index (χ0) is 11.6. The molecule has 1 nitrogen and oxygen atoms in total. The van der Waals surface area contributed by atoms with Crippen molar-refractivity contribution in [1.29, 1.82) is 0 Å². The van der Waals surface area contributed by atoms with Gasteiger partial charge in [-0.3, -0.25) is 4.79 Å². The van der Waals surface area contributed by atoms with Crippen molar-refractivity contribution in [3.63, 3.8) is 0 Å². The van der Waals surface area contributed by atoms with Crippen molar-refractivity contribution in [2.24, 2.45) is 16.2 Å². The first-order valence-electron chi connectivity index (χ1n) is 7.78. The molecule has 0 saturated heterocycles. The first kappa shape index (κ1) is 10.6. The van der Waals surface area contributed by atoms with E-state index in [1.807, 2.05) is 0 Å². The molecule has 0 aromatic heterocycles. The highest BCUT2D eigenvalue weighted by Crippen LogP contribution is 2.76. The number of rotatable bonds is 0. The molecule has 0 bridgehead atoms. The lowest BCUT2D eigenvalue weighted by molar-refractivity contribution is -0.146. The Hall–Kier alpha value is -0.330. The zero-order valence-electron chi connectivity index (χ0n) is 10.9. The van der Waals surface area contributed by atoms with Crippen LogP contribution in [0, 0.1) is 16.2 Å². The van der Waals surface area contributed by atoms with Crippen LogP contribution >= 0.6 is 0 Å². The number of fused-ring (bicyclic) bond motifs is 2. The number of carbonyl (C=O) groups is 1. The largest absolute Gasteiger partial charge is 0.299 e. The van der Waals surface area contributed by atoms with Gasteiger partial charge in [-0.25, -0.2) is 0 Å². The van der Waals surface area contributed by atoms with Gasteiger partial charge in [0.05, 0.1) is 0 Å². The molecule has 4 saturated carbocycles. The van der Waals surface area contributed by atoms with Crippen molar-refractivity contribution < 1.29 is 4.79 Å². The second kappa shape index (κ2) is 3.16. The average molecular weight is 232 g/mol. The quantitative estimate of drug-likeness (QED) is 0.610. The molecule has 0 N–H and O–H groups in total. The second-order valence-corrected chi connectivity index (χ2v) is 7.28. The third-order valence-electron chi connectivity index (χ3n) is 7.27. The van der Waals surface area contributed by atoms with Crippen LogP contribution in [0.25, 0.3) is 0 Å². The molecule has 3 spiro atoms. The van der Waals surface area contributed by atoms with Gasteiger partial charge in [-0.1, -0.05) is 25.7 Å². The van der Waals surface area contributed by atoms with Gasteiger partial charge in [-0.15, -0.1) is 0 Å². The Morgan fingerprint density at radius 1 is 0.706 bits per heavy atom. The summed E-state index contributed by atoms with van der Waals surface area (Å²) in [6.45, 7) is 0. The fourth-order valence-electron chi connectivity index (χ4n) is 6.51. The van der Waals surface area contributed by atoms with E-state index in [0.29, 0.717) is 16.6 Å². The summed E-state index contributed by atoms with van der Waals surface area (Å²) in [7, 11) is 0. The molecular weight excluding hydrogens is 208 g/mol. The van der Waals surface area contributed by atoms with Crippen molar-refractivity contribution >= 4 is 5.78 Å². The van der Waals surface area contributed by atoms with E-state index in [4.69, 9.17) is 0 Å². The van der Waals surface area contributed by atoms with Gasteiger partial charge in [0.25, 0.3) is 0 Å². The highest BCUT2D eigenvalue weighted by molar-refractivity contribution is 5.89. The highest BCUT2D eigenvalue weighted by Gasteiger charge is 2.71. The van der Waals surface area contributed by atoms with Gasteiger partial charge in [0.15, 0.2) is 0 Å². The summed E-state index contributed by atoms with van der Waals surface area (Å²) in [4.78, 5) is 12.5. The molecule has 4 aliphatic rings. The van der Waals surface area contributed by atoms with Gasteiger partial charge in [0.2, 0.25) is 0 Å². The molecule has 1 unspecified atom stereocenters. The molecule has 0 radical (unpaired) electrons. The molecule has 0 aromatic carbocycles. The van der Waals surface area contributed by atoms with Crippen LogP contribution in [0.15, 0.2) is 0 Å². The Morgan fingerprint density at radius 3 is 2.00 bits per heavy atom. The third-order valence-corrected chi connectivity index (χ3v) is 7.27. The summed E-state index contributed by atoms with van der Waals surface area (Å²) in [5, 5.41) is 0. The molecule has 1 atom stereocenters. The minimum atomic E-state index is 0.188. The summed E-state index contributed by atoms with van der Waals surface area (Å²) in [5.74, 6) is 0.664. The van der Waals surface area contributed by atoms with Crippen LogP contribution in [-0.4, -0.2) is 5.78 Å². The first-order valence-corrected chi connectivity index (χ1v) is 7.78. The van der Waals surface area contributed by atoms with E-state index in [0.717, 1.165) is 6.42 Å². The molecule has 4 aliphatic carbocycles. The van der Waals surface area contributed by atoms with Crippen molar-refractivity contribution in [1.82, 2.24) is 0 Å². The van der Waals surface area contributed by atoms with Gasteiger partial charge in [-0.05, 0) is 55.8 Å². The fourth-order valence-corrected chi connectivity index (χ4v) is 6.51. The molecular formula is C16H24O.